The fourth-order valence-corrected chi connectivity index (χ4v) is 3.87. The highest BCUT2D eigenvalue weighted by atomic mass is 16.5. The summed E-state index contributed by atoms with van der Waals surface area (Å²) in [6, 6.07) is 1.46. The van der Waals surface area contributed by atoms with Gasteiger partial charge in [-0.1, -0.05) is 6.92 Å². The molecule has 0 radical (unpaired) electrons. The number of amides is 2. The van der Waals surface area contributed by atoms with Gasteiger partial charge >= 0.3 is 0 Å². The lowest BCUT2D eigenvalue weighted by Crippen LogP contribution is -2.48. The first-order valence-corrected chi connectivity index (χ1v) is 9.30. The summed E-state index contributed by atoms with van der Waals surface area (Å²) in [6.45, 7) is 5.28. The molecule has 0 aromatic carbocycles. The second-order valence-electron chi connectivity index (χ2n) is 7.62. The Morgan fingerprint density at radius 3 is 2.84 bits per heavy atom. The SMILES string of the molecule is C[C@@H]1C[C@@H]1C(=O)N1Cc2ccnn2[C@@H](C(=O)NCC2CCOCC2)C1. The molecule has 7 nitrogen and oxygen atoms in total. The summed E-state index contributed by atoms with van der Waals surface area (Å²) in [4.78, 5) is 27.2. The van der Waals surface area contributed by atoms with Crippen molar-refractivity contribution in [3.8, 4) is 0 Å². The number of aromatic nitrogens is 2. The van der Waals surface area contributed by atoms with Crippen LogP contribution in [0.4, 0.5) is 0 Å². The third-order valence-electron chi connectivity index (χ3n) is 5.74. The van der Waals surface area contributed by atoms with E-state index in [1.165, 1.54) is 0 Å². The number of fused-ring (bicyclic) bond motifs is 1. The van der Waals surface area contributed by atoms with Crippen molar-refractivity contribution in [1.82, 2.24) is 20.0 Å². The molecule has 4 rings (SSSR count). The highest BCUT2D eigenvalue weighted by molar-refractivity contribution is 5.84. The van der Waals surface area contributed by atoms with Gasteiger partial charge in [-0.3, -0.25) is 14.3 Å². The topological polar surface area (TPSA) is 76.5 Å². The number of hydrogen-bond donors (Lipinski definition) is 1. The Morgan fingerprint density at radius 1 is 1.36 bits per heavy atom. The summed E-state index contributed by atoms with van der Waals surface area (Å²) >= 11 is 0. The second kappa shape index (κ2) is 6.78. The quantitative estimate of drug-likeness (QED) is 0.881. The summed E-state index contributed by atoms with van der Waals surface area (Å²) in [5.41, 5.74) is 0.930. The standard InChI is InChI=1S/C18H26N4O3/c1-12-8-15(12)18(24)21-10-14-2-5-20-22(14)16(11-21)17(23)19-9-13-3-6-25-7-4-13/h2,5,12-13,15-16H,3-4,6-11H2,1H3,(H,19,23)/t12-,15+,16-/m1/s1. The molecule has 1 aromatic heterocycles. The molecule has 1 saturated carbocycles. The van der Waals surface area contributed by atoms with E-state index in [1.54, 1.807) is 10.9 Å². The minimum absolute atomic E-state index is 0.0437. The Balaban J connectivity index is 1.42. The number of carbonyl (C=O) groups is 2. The molecule has 2 fully saturated rings. The molecule has 1 aromatic rings. The van der Waals surface area contributed by atoms with Gasteiger partial charge in [-0.25, -0.2) is 0 Å². The Labute approximate surface area is 147 Å². The van der Waals surface area contributed by atoms with Gasteiger partial charge in [0, 0.05) is 31.9 Å². The average molecular weight is 346 g/mol. The molecule has 3 heterocycles. The molecule has 2 aliphatic heterocycles. The monoisotopic (exact) mass is 346 g/mol. The van der Waals surface area contributed by atoms with Gasteiger partial charge in [0.05, 0.1) is 18.8 Å². The predicted molar refractivity (Wildman–Crippen MR) is 90.5 cm³/mol. The molecular formula is C18H26N4O3. The van der Waals surface area contributed by atoms with Crippen LogP contribution in [0.5, 0.6) is 0 Å². The van der Waals surface area contributed by atoms with Crippen molar-refractivity contribution in [1.29, 1.82) is 0 Å². The fraction of sp³-hybridized carbons (Fsp3) is 0.722. The lowest BCUT2D eigenvalue weighted by atomic mass is 10.0. The third-order valence-corrected chi connectivity index (χ3v) is 5.74. The molecule has 0 unspecified atom stereocenters. The minimum Gasteiger partial charge on any atom is -0.381 e. The van der Waals surface area contributed by atoms with E-state index in [1.807, 2.05) is 11.0 Å². The normalized spacial score (nSPS) is 29.2. The summed E-state index contributed by atoms with van der Waals surface area (Å²) in [7, 11) is 0. The van der Waals surface area contributed by atoms with Gasteiger partial charge < -0.3 is 15.0 Å². The highest BCUT2D eigenvalue weighted by Crippen LogP contribution is 2.40. The van der Waals surface area contributed by atoms with Crippen molar-refractivity contribution in [3.05, 3.63) is 18.0 Å². The zero-order valence-corrected chi connectivity index (χ0v) is 14.7. The van der Waals surface area contributed by atoms with Crippen LogP contribution in [-0.2, 0) is 20.9 Å². The maximum atomic E-state index is 12.8. The van der Waals surface area contributed by atoms with Crippen LogP contribution in [0.1, 0.15) is 37.9 Å². The Hall–Kier alpha value is -1.89. The van der Waals surface area contributed by atoms with E-state index in [2.05, 4.69) is 17.3 Å². The smallest absolute Gasteiger partial charge is 0.246 e. The van der Waals surface area contributed by atoms with Crippen LogP contribution in [0.3, 0.4) is 0 Å². The molecule has 2 amide bonds. The van der Waals surface area contributed by atoms with Crippen LogP contribution in [0.15, 0.2) is 12.3 Å². The fourth-order valence-electron chi connectivity index (χ4n) is 3.87. The molecule has 0 spiro atoms. The van der Waals surface area contributed by atoms with Crippen LogP contribution in [-0.4, -0.2) is 52.8 Å². The molecule has 136 valence electrons. The van der Waals surface area contributed by atoms with Crippen LogP contribution in [0.2, 0.25) is 0 Å². The van der Waals surface area contributed by atoms with Gasteiger partial charge in [0.1, 0.15) is 6.04 Å². The molecule has 0 bridgehead atoms. The zero-order valence-electron chi connectivity index (χ0n) is 14.7. The maximum Gasteiger partial charge on any atom is 0.246 e. The Kier molecular flexibility index (Phi) is 4.50. The number of rotatable bonds is 4. The van der Waals surface area contributed by atoms with Crippen molar-refractivity contribution in [2.24, 2.45) is 17.8 Å². The lowest BCUT2D eigenvalue weighted by molar-refractivity contribution is -0.137. The molecule has 7 heteroatoms. The van der Waals surface area contributed by atoms with E-state index >= 15 is 0 Å². The molecule has 3 aliphatic rings. The largest absolute Gasteiger partial charge is 0.381 e. The Bertz CT molecular complexity index is 653. The molecule has 25 heavy (non-hydrogen) atoms. The van der Waals surface area contributed by atoms with Crippen LogP contribution < -0.4 is 5.32 Å². The van der Waals surface area contributed by atoms with Gasteiger partial charge in [-0.15, -0.1) is 0 Å². The number of hydrogen-bond acceptors (Lipinski definition) is 4. The summed E-state index contributed by atoms with van der Waals surface area (Å²) in [6.07, 6.45) is 4.65. The first kappa shape index (κ1) is 16.6. The number of carbonyl (C=O) groups excluding carboxylic acids is 2. The first-order chi connectivity index (χ1) is 12.1. The molecule has 1 aliphatic carbocycles. The van der Waals surface area contributed by atoms with Crippen molar-refractivity contribution in [3.63, 3.8) is 0 Å². The highest BCUT2D eigenvalue weighted by Gasteiger charge is 2.44. The van der Waals surface area contributed by atoms with Crippen LogP contribution in [0, 0.1) is 17.8 Å². The van der Waals surface area contributed by atoms with Gasteiger partial charge in [0.15, 0.2) is 0 Å². The maximum absolute atomic E-state index is 12.8. The molecular weight excluding hydrogens is 320 g/mol. The molecule has 1 saturated heterocycles. The predicted octanol–water partition coefficient (Wildman–Crippen LogP) is 0.965. The first-order valence-electron chi connectivity index (χ1n) is 9.30. The summed E-state index contributed by atoms with van der Waals surface area (Å²) in [5, 5.41) is 7.39. The van der Waals surface area contributed by atoms with Crippen molar-refractivity contribution < 1.29 is 14.3 Å². The van der Waals surface area contributed by atoms with Crippen LogP contribution >= 0.6 is 0 Å². The third kappa shape index (κ3) is 3.42. The van der Waals surface area contributed by atoms with Gasteiger partial charge in [-0.2, -0.15) is 5.10 Å². The van der Waals surface area contributed by atoms with Crippen molar-refractivity contribution in [2.45, 2.75) is 38.8 Å². The van der Waals surface area contributed by atoms with E-state index in [0.717, 1.165) is 38.2 Å². The number of nitrogens with one attached hydrogen (secondary N) is 1. The van der Waals surface area contributed by atoms with E-state index in [0.29, 0.717) is 31.5 Å². The average Bonchev–Trinajstić information content (AvgIpc) is 3.17. The Morgan fingerprint density at radius 2 is 2.12 bits per heavy atom. The second-order valence-corrected chi connectivity index (χ2v) is 7.62. The van der Waals surface area contributed by atoms with Crippen LogP contribution in [0.25, 0.3) is 0 Å². The molecule has 1 N–H and O–H groups in total. The van der Waals surface area contributed by atoms with Gasteiger partial charge in [0.25, 0.3) is 0 Å². The minimum atomic E-state index is -0.434. The summed E-state index contributed by atoms with van der Waals surface area (Å²) in [5.74, 6) is 1.23. The summed E-state index contributed by atoms with van der Waals surface area (Å²) < 4.78 is 7.14. The van der Waals surface area contributed by atoms with Gasteiger partial charge in [-0.05, 0) is 37.2 Å². The van der Waals surface area contributed by atoms with Crippen molar-refractivity contribution >= 4 is 11.8 Å². The zero-order chi connectivity index (χ0) is 17.4. The van der Waals surface area contributed by atoms with E-state index < -0.39 is 6.04 Å². The van der Waals surface area contributed by atoms with Gasteiger partial charge in [0.2, 0.25) is 11.8 Å². The van der Waals surface area contributed by atoms with Crippen molar-refractivity contribution in [2.75, 3.05) is 26.3 Å². The number of ether oxygens (including phenoxy) is 1. The molecule has 3 atom stereocenters. The number of nitrogens with zero attached hydrogens (tertiary/aromatic N) is 3. The van der Waals surface area contributed by atoms with E-state index in [4.69, 9.17) is 4.74 Å². The van der Waals surface area contributed by atoms with E-state index in [-0.39, 0.29) is 17.7 Å². The van der Waals surface area contributed by atoms with E-state index in [9.17, 15) is 9.59 Å². The lowest BCUT2D eigenvalue weighted by Gasteiger charge is -2.33.